The van der Waals surface area contributed by atoms with Crippen LogP contribution < -0.4 is 4.74 Å². The Hall–Kier alpha value is -1.16. The van der Waals surface area contributed by atoms with E-state index in [1.807, 2.05) is 0 Å². The van der Waals surface area contributed by atoms with Gasteiger partial charge < -0.3 is 9.84 Å². The molecule has 0 saturated carbocycles. The Morgan fingerprint density at radius 3 is 2.47 bits per heavy atom. The fourth-order valence-corrected chi connectivity index (χ4v) is 0.961. The van der Waals surface area contributed by atoms with E-state index in [-0.39, 0.29) is 12.0 Å². The summed E-state index contributed by atoms with van der Waals surface area (Å²) in [6.45, 7) is 7.04. The van der Waals surface area contributed by atoms with Gasteiger partial charge in [-0.3, -0.25) is 4.98 Å². The van der Waals surface area contributed by atoms with Gasteiger partial charge in [0, 0.05) is 0 Å². The molecule has 0 amide bonds. The van der Waals surface area contributed by atoms with Crippen molar-refractivity contribution in [1.29, 1.82) is 0 Å². The first-order valence-electron chi connectivity index (χ1n) is 5.06. The molecule has 0 bridgehead atoms. The van der Waals surface area contributed by atoms with Crippen molar-refractivity contribution in [2.45, 2.75) is 33.8 Å². The van der Waals surface area contributed by atoms with Gasteiger partial charge in [-0.25, -0.2) is 4.98 Å². The van der Waals surface area contributed by atoms with Crippen LogP contribution in [-0.4, -0.2) is 21.7 Å². The summed E-state index contributed by atoms with van der Waals surface area (Å²) in [7, 11) is 0. The molecule has 0 atom stereocenters. The molecule has 1 N–H and O–H groups in total. The Balaban J connectivity index is 2.38. The molecule has 0 aromatic carbocycles. The summed E-state index contributed by atoms with van der Waals surface area (Å²) >= 11 is 0. The molecule has 1 heterocycles. The standard InChI is InChI=1S/C11H18N2O2/c1-11(2,3)4-5-15-10-7-12-9(8-14)6-13-10/h6-7,14H,4-5,8H2,1-3H3. The lowest BCUT2D eigenvalue weighted by Gasteiger charge is -2.17. The normalized spacial score (nSPS) is 11.5. The van der Waals surface area contributed by atoms with Crippen LogP contribution in [0.15, 0.2) is 12.4 Å². The van der Waals surface area contributed by atoms with Crippen LogP contribution in [0.25, 0.3) is 0 Å². The first kappa shape index (κ1) is 11.9. The number of aliphatic hydroxyl groups excluding tert-OH is 1. The maximum atomic E-state index is 8.77. The third-order valence-corrected chi connectivity index (χ3v) is 1.95. The van der Waals surface area contributed by atoms with Crippen LogP contribution in [0.2, 0.25) is 0 Å². The van der Waals surface area contributed by atoms with Crippen molar-refractivity contribution in [3.05, 3.63) is 18.1 Å². The molecule has 0 aliphatic heterocycles. The van der Waals surface area contributed by atoms with Gasteiger partial charge in [0.1, 0.15) is 0 Å². The maximum Gasteiger partial charge on any atom is 0.232 e. The average molecular weight is 210 g/mol. The van der Waals surface area contributed by atoms with Crippen LogP contribution in [0.3, 0.4) is 0 Å². The molecule has 1 aromatic heterocycles. The van der Waals surface area contributed by atoms with Crippen molar-refractivity contribution in [1.82, 2.24) is 9.97 Å². The highest BCUT2D eigenvalue weighted by molar-refractivity contribution is 5.06. The number of ether oxygens (including phenoxy) is 1. The van der Waals surface area contributed by atoms with Crippen LogP contribution in [0, 0.1) is 5.41 Å². The highest BCUT2D eigenvalue weighted by Crippen LogP contribution is 2.18. The maximum absolute atomic E-state index is 8.77. The van der Waals surface area contributed by atoms with Crippen molar-refractivity contribution in [2.75, 3.05) is 6.61 Å². The number of hydrogen-bond acceptors (Lipinski definition) is 4. The minimum absolute atomic E-state index is 0.0880. The number of nitrogens with zero attached hydrogens (tertiary/aromatic N) is 2. The van der Waals surface area contributed by atoms with Gasteiger partial charge in [-0.2, -0.15) is 0 Å². The second-order valence-corrected chi connectivity index (χ2v) is 4.66. The third kappa shape index (κ3) is 4.74. The zero-order valence-electron chi connectivity index (χ0n) is 9.53. The van der Waals surface area contributed by atoms with E-state index in [1.165, 1.54) is 12.4 Å². The van der Waals surface area contributed by atoms with Crippen molar-refractivity contribution in [2.24, 2.45) is 5.41 Å². The Morgan fingerprint density at radius 2 is 2.00 bits per heavy atom. The minimum atomic E-state index is -0.0880. The lowest BCUT2D eigenvalue weighted by molar-refractivity contribution is 0.234. The summed E-state index contributed by atoms with van der Waals surface area (Å²) < 4.78 is 5.43. The molecule has 4 heteroatoms. The largest absolute Gasteiger partial charge is 0.477 e. The van der Waals surface area contributed by atoms with Gasteiger partial charge in [0.05, 0.1) is 31.3 Å². The van der Waals surface area contributed by atoms with E-state index in [0.717, 1.165) is 6.42 Å². The molecule has 1 aromatic rings. The molecule has 0 saturated heterocycles. The summed E-state index contributed by atoms with van der Waals surface area (Å²) in [5, 5.41) is 8.77. The van der Waals surface area contributed by atoms with Crippen LogP contribution in [-0.2, 0) is 6.61 Å². The van der Waals surface area contributed by atoms with Gasteiger partial charge in [0.2, 0.25) is 5.88 Å². The van der Waals surface area contributed by atoms with E-state index in [2.05, 4.69) is 30.7 Å². The van der Waals surface area contributed by atoms with Crippen molar-refractivity contribution < 1.29 is 9.84 Å². The predicted molar refractivity (Wildman–Crippen MR) is 57.5 cm³/mol. The molecule has 4 nitrogen and oxygen atoms in total. The van der Waals surface area contributed by atoms with Gasteiger partial charge >= 0.3 is 0 Å². The average Bonchev–Trinajstić information content (AvgIpc) is 2.17. The molecule has 15 heavy (non-hydrogen) atoms. The second kappa shape index (κ2) is 5.07. The summed E-state index contributed by atoms with van der Waals surface area (Å²) in [5.74, 6) is 0.511. The fourth-order valence-electron chi connectivity index (χ4n) is 0.961. The summed E-state index contributed by atoms with van der Waals surface area (Å²) in [4.78, 5) is 8.00. The van der Waals surface area contributed by atoms with E-state index in [9.17, 15) is 0 Å². The van der Waals surface area contributed by atoms with Gasteiger partial charge in [0.25, 0.3) is 0 Å². The Kier molecular flexibility index (Phi) is 4.03. The molecule has 0 aliphatic carbocycles. The molecule has 0 fully saturated rings. The van der Waals surface area contributed by atoms with Crippen LogP contribution in [0.1, 0.15) is 32.9 Å². The van der Waals surface area contributed by atoms with Crippen LogP contribution in [0.5, 0.6) is 5.88 Å². The zero-order chi connectivity index (χ0) is 11.3. The third-order valence-electron chi connectivity index (χ3n) is 1.95. The van der Waals surface area contributed by atoms with Gasteiger partial charge in [-0.05, 0) is 11.8 Å². The zero-order valence-corrected chi connectivity index (χ0v) is 9.53. The highest BCUT2D eigenvalue weighted by Gasteiger charge is 2.10. The molecule has 84 valence electrons. The molecular weight excluding hydrogens is 192 g/mol. The lowest BCUT2D eigenvalue weighted by atomic mass is 9.93. The molecule has 0 spiro atoms. The van der Waals surface area contributed by atoms with Crippen LogP contribution in [0.4, 0.5) is 0 Å². The number of rotatable bonds is 4. The number of aromatic nitrogens is 2. The van der Waals surface area contributed by atoms with E-state index >= 15 is 0 Å². The second-order valence-electron chi connectivity index (χ2n) is 4.66. The predicted octanol–water partition coefficient (Wildman–Crippen LogP) is 1.78. The number of hydrogen-bond donors (Lipinski definition) is 1. The first-order chi connectivity index (χ1) is 7.01. The summed E-state index contributed by atoms with van der Waals surface area (Å²) in [5.41, 5.74) is 0.816. The first-order valence-corrected chi connectivity index (χ1v) is 5.06. The highest BCUT2D eigenvalue weighted by atomic mass is 16.5. The van der Waals surface area contributed by atoms with Crippen LogP contribution >= 0.6 is 0 Å². The van der Waals surface area contributed by atoms with E-state index in [4.69, 9.17) is 9.84 Å². The number of aliphatic hydroxyl groups is 1. The molecule has 0 aliphatic rings. The topological polar surface area (TPSA) is 55.2 Å². The van der Waals surface area contributed by atoms with E-state index in [0.29, 0.717) is 18.2 Å². The smallest absolute Gasteiger partial charge is 0.232 e. The van der Waals surface area contributed by atoms with Gasteiger partial charge in [-0.1, -0.05) is 20.8 Å². The monoisotopic (exact) mass is 210 g/mol. The fraction of sp³-hybridized carbons (Fsp3) is 0.636. The Bertz CT molecular complexity index is 290. The SMILES string of the molecule is CC(C)(C)CCOc1cnc(CO)cn1. The minimum Gasteiger partial charge on any atom is -0.477 e. The quantitative estimate of drug-likeness (QED) is 0.823. The van der Waals surface area contributed by atoms with E-state index in [1.54, 1.807) is 0 Å². The van der Waals surface area contributed by atoms with E-state index < -0.39 is 0 Å². The Labute approximate surface area is 90.3 Å². The van der Waals surface area contributed by atoms with Crippen molar-refractivity contribution in [3.8, 4) is 5.88 Å². The summed E-state index contributed by atoms with van der Waals surface area (Å²) in [6, 6.07) is 0. The molecule has 0 unspecified atom stereocenters. The molecule has 1 rings (SSSR count). The van der Waals surface area contributed by atoms with Gasteiger partial charge in [-0.15, -0.1) is 0 Å². The van der Waals surface area contributed by atoms with Crippen molar-refractivity contribution >= 4 is 0 Å². The summed E-state index contributed by atoms with van der Waals surface area (Å²) in [6.07, 6.45) is 4.02. The van der Waals surface area contributed by atoms with Crippen molar-refractivity contribution in [3.63, 3.8) is 0 Å². The molecule has 0 radical (unpaired) electrons. The lowest BCUT2D eigenvalue weighted by Crippen LogP contribution is -2.11. The Morgan fingerprint density at radius 1 is 1.27 bits per heavy atom. The van der Waals surface area contributed by atoms with Gasteiger partial charge in [0.15, 0.2) is 0 Å². The molecular formula is C11H18N2O2.